The molecule has 2 heteroatoms. The predicted molar refractivity (Wildman–Crippen MR) is 181 cm³/mol. The maximum Gasteiger partial charge on any atom is 0.145 e. The zero-order valence-corrected chi connectivity index (χ0v) is 23.4. The molecule has 8 aromatic carbocycles. The van der Waals surface area contributed by atoms with Crippen LogP contribution in [0.5, 0.6) is 0 Å². The number of rotatable bonds is 4. The Balaban J connectivity index is 1.09. The molecule has 0 unspecified atom stereocenters. The minimum Gasteiger partial charge on any atom is -0.292 e. The molecule has 0 saturated carbocycles. The Bertz CT molecular complexity index is 2400. The lowest BCUT2D eigenvalue weighted by atomic mass is 9.89. The first kappa shape index (κ1) is 23.9. The first-order valence-corrected chi connectivity index (χ1v) is 14.7. The van der Waals surface area contributed by atoms with Gasteiger partial charge in [0.2, 0.25) is 0 Å². The van der Waals surface area contributed by atoms with E-state index < -0.39 is 0 Å². The summed E-state index contributed by atoms with van der Waals surface area (Å²) in [6.07, 6.45) is 0. The fourth-order valence-corrected chi connectivity index (χ4v) is 6.70. The van der Waals surface area contributed by atoms with Gasteiger partial charge in [0, 0.05) is 11.3 Å². The molecule has 1 heterocycles. The van der Waals surface area contributed by atoms with Crippen molar-refractivity contribution in [3.05, 3.63) is 158 Å². The molecule has 9 aromatic rings. The van der Waals surface area contributed by atoms with E-state index in [1.165, 1.54) is 54.6 Å². The van der Waals surface area contributed by atoms with Crippen LogP contribution in [0.25, 0.3) is 82.7 Å². The summed E-state index contributed by atoms with van der Waals surface area (Å²) in [5.41, 5.74) is 9.19. The van der Waals surface area contributed by atoms with Crippen molar-refractivity contribution in [2.45, 2.75) is 0 Å². The molecule has 43 heavy (non-hydrogen) atoms. The molecule has 2 nitrogen and oxygen atoms in total. The lowest BCUT2D eigenvalue weighted by Crippen LogP contribution is -1.97. The van der Waals surface area contributed by atoms with Crippen molar-refractivity contribution in [3.8, 4) is 39.3 Å². The SMILES string of the molecule is c1ccc(-c2nc3ccccc3n2-c2ccc(-c3ccc(-c4ccc5ccc6cccc7ccc4c5c67)cc3)cc2)cc1. The Labute approximate surface area is 249 Å². The molecule has 0 amide bonds. The monoisotopic (exact) mass is 546 g/mol. The van der Waals surface area contributed by atoms with Gasteiger partial charge in [-0.1, -0.05) is 133 Å². The average Bonchev–Trinajstić information content (AvgIpc) is 3.48. The molecule has 0 bridgehead atoms. The van der Waals surface area contributed by atoms with Gasteiger partial charge in [-0.3, -0.25) is 4.57 Å². The van der Waals surface area contributed by atoms with Gasteiger partial charge in [0.05, 0.1) is 11.0 Å². The highest BCUT2D eigenvalue weighted by atomic mass is 15.1. The number of nitrogens with zero attached hydrogens (tertiary/aromatic N) is 2. The predicted octanol–water partition coefficient (Wildman–Crippen LogP) is 10.9. The highest BCUT2D eigenvalue weighted by molar-refractivity contribution is 6.25. The van der Waals surface area contributed by atoms with Crippen molar-refractivity contribution in [1.82, 2.24) is 9.55 Å². The summed E-state index contributed by atoms with van der Waals surface area (Å²) < 4.78 is 2.26. The number of hydrogen-bond acceptors (Lipinski definition) is 1. The van der Waals surface area contributed by atoms with Crippen molar-refractivity contribution in [2.75, 3.05) is 0 Å². The fourth-order valence-electron chi connectivity index (χ4n) is 6.70. The van der Waals surface area contributed by atoms with Gasteiger partial charge >= 0.3 is 0 Å². The average molecular weight is 547 g/mol. The summed E-state index contributed by atoms with van der Waals surface area (Å²) in [6.45, 7) is 0. The Morgan fingerprint density at radius 3 is 1.77 bits per heavy atom. The molecule has 0 aliphatic carbocycles. The third-order valence-electron chi connectivity index (χ3n) is 8.78. The Morgan fingerprint density at radius 2 is 1.00 bits per heavy atom. The van der Waals surface area contributed by atoms with E-state index in [1.807, 2.05) is 12.1 Å². The van der Waals surface area contributed by atoms with Crippen LogP contribution in [-0.4, -0.2) is 9.55 Å². The van der Waals surface area contributed by atoms with Crippen molar-refractivity contribution in [2.24, 2.45) is 0 Å². The summed E-state index contributed by atoms with van der Waals surface area (Å²) in [4.78, 5) is 4.99. The minimum absolute atomic E-state index is 0.951. The first-order chi connectivity index (χ1) is 21.3. The second-order valence-electron chi connectivity index (χ2n) is 11.2. The van der Waals surface area contributed by atoms with Gasteiger partial charge in [0.15, 0.2) is 0 Å². The number of fused-ring (bicyclic) bond motifs is 1. The zero-order valence-electron chi connectivity index (χ0n) is 23.4. The van der Waals surface area contributed by atoms with E-state index in [9.17, 15) is 0 Å². The molecular weight excluding hydrogens is 520 g/mol. The second kappa shape index (κ2) is 9.40. The Kier molecular flexibility index (Phi) is 5.23. The highest BCUT2D eigenvalue weighted by Crippen LogP contribution is 2.39. The van der Waals surface area contributed by atoms with Crippen LogP contribution in [0.3, 0.4) is 0 Å². The number of aromatic nitrogens is 2. The standard InChI is InChI=1S/C41H26N2/c1-2-7-33(8-3-1)41-42-37-11-4-5-12-38(37)43(41)34-23-19-28(20-24-34)27-13-15-29(16-14-27)35-25-21-32-18-17-30-9-6-10-31-22-26-36(35)40(32)39(30)31/h1-26H. The highest BCUT2D eigenvalue weighted by Gasteiger charge is 2.15. The van der Waals surface area contributed by atoms with Crippen molar-refractivity contribution >= 4 is 43.4 Å². The van der Waals surface area contributed by atoms with Crippen LogP contribution in [0, 0.1) is 0 Å². The maximum absolute atomic E-state index is 4.99. The molecule has 0 aliphatic rings. The fraction of sp³-hybridized carbons (Fsp3) is 0. The van der Waals surface area contributed by atoms with Gasteiger partial charge in [-0.05, 0) is 78.8 Å². The van der Waals surface area contributed by atoms with Crippen LogP contribution >= 0.6 is 0 Å². The van der Waals surface area contributed by atoms with Crippen LogP contribution in [0.4, 0.5) is 0 Å². The molecule has 0 aliphatic heterocycles. The summed E-state index contributed by atoms with van der Waals surface area (Å²) >= 11 is 0. The molecule has 0 spiro atoms. The summed E-state index contributed by atoms with van der Waals surface area (Å²) in [5, 5.41) is 7.91. The minimum atomic E-state index is 0.951. The Hall–Kier alpha value is -5.73. The van der Waals surface area contributed by atoms with Gasteiger partial charge in [-0.15, -0.1) is 0 Å². The lowest BCUT2D eigenvalue weighted by molar-refractivity contribution is 1.10. The molecule has 200 valence electrons. The maximum atomic E-state index is 4.99. The molecular formula is C41H26N2. The van der Waals surface area contributed by atoms with Crippen molar-refractivity contribution in [1.29, 1.82) is 0 Å². The molecule has 9 rings (SSSR count). The largest absolute Gasteiger partial charge is 0.292 e. The van der Waals surface area contributed by atoms with Crippen molar-refractivity contribution in [3.63, 3.8) is 0 Å². The van der Waals surface area contributed by atoms with E-state index in [1.54, 1.807) is 0 Å². The van der Waals surface area contributed by atoms with Gasteiger partial charge in [-0.25, -0.2) is 4.98 Å². The first-order valence-electron chi connectivity index (χ1n) is 14.7. The van der Waals surface area contributed by atoms with Gasteiger partial charge < -0.3 is 0 Å². The van der Waals surface area contributed by atoms with E-state index in [4.69, 9.17) is 4.98 Å². The third-order valence-corrected chi connectivity index (χ3v) is 8.78. The van der Waals surface area contributed by atoms with Crippen LogP contribution in [-0.2, 0) is 0 Å². The summed E-state index contributed by atoms with van der Waals surface area (Å²) in [5.74, 6) is 0.951. The molecule has 0 N–H and O–H groups in total. The third kappa shape index (κ3) is 3.77. The van der Waals surface area contributed by atoms with Crippen LogP contribution in [0.1, 0.15) is 0 Å². The lowest BCUT2D eigenvalue weighted by Gasteiger charge is -2.14. The number of para-hydroxylation sites is 2. The van der Waals surface area contributed by atoms with E-state index in [0.29, 0.717) is 0 Å². The topological polar surface area (TPSA) is 17.8 Å². The smallest absolute Gasteiger partial charge is 0.145 e. The normalized spacial score (nSPS) is 11.7. The molecule has 0 fully saturated rings. The van der Waals surface area contributed by atoms with Gasteiger partial charge in [-0.2, -0.15) is 0 Å². The van der Waals surface area contributed by atoms with E-state index in [-0.39, 0.29) is 0 Å². The van der Waals surface area contributed by atoms with E-state index in [0.717, 1.165) is 28.1 Å². The Morgan fingerprint density at radius 1 is 0.395 bits per heavy atom. The van der Waals surface area contributed by atoms with Crippen molar-refractivity contribution < 1.29 is 0 Å². The number of benzene rings is 8. The number of hydrogen-bond donors (Lipinski definition) is 0. The van der Waals surface area contributed by atoms with Gasteiger partial charge in [0.1, 0.15) is 5.82 Å². The zero-order chi connectivity index (χ0) is 28.3. The second-order valence-corrected chi connectivity index (χ2v) is 11.2. The molecule has 0 atom stereocenters. The van der Waals surface area contributed by atoms with Gasteiger partial charge in [0.25, 0.3) is 0 Å². The van der Waals surface area contributed by atoms with E-state index >= 15 is 0 Å². The quantitative estimate of drug-likeness (QED) is 0.201. The van der Waals surface area contributed by atoms with Crippen LogP contribution in [0.15, 0.2) is 158 Å². The molecule has 0 radical (unpaired) electrons. The summed E-state index contributed by atoms with van der Waals surface area (Å²) in [6, 6.07) is 56.7. The van der Waals surface area contributed by atoms with E-state index in [2.05, 4.69) is 150 Å². The molecule has 1 aromatic heterocycles. The van der Waals surface area contributed by atoms with Crippen LogP contribution in [0.2, 0.25) is 0 Å². The molecule has 0 saturated heterocycles. The van der Waals surface area contributed by atoms with Crippen LogP contribution < -0.4 is 0 Å². The number of imidazole rings is 1. The summed E-state index contributed by atoms with van der Waals surface area (Å²) in [7, 11) is 0.